The van der Waals surface area contributed by atoms with Gasteiger partial charge in [0, 0.05) is 19.1 Å². The molecule has 0 amide bonds. The van der Waals surface area contributed by atoms with Gasteiger partial charge >= 0.3 is 0 Å². The Morgan fingerprint density at radius 1 is 1.29 bits per heavy atom. The third-order valence-corrected chi connectivity index (χ3v) is 2.94. The Hall–Kier alpha value is -1.19. The highest BCUT2D eigenvalue weighted by Crippen LogP contribution is 2.28. The Balaban J connectivity index is 3.15. The summed E-state index contributed by atoms with van der Waals surface area (Å²) in [6.07, 6.45) is 2.19. The molecule has 0 aliphatic rings. The van der Waals surface area contributed by atoms with Gasteiger partial charge in [-0.2, -0.15) is 5.10 Å². The lowest BCUT2D eigenvalue weighted by molar-refractivity contribution is 0.565. The standard InChI is InChI=1S/C13H26N4/c1-6-8-16(10(3)4)13-12(14)11(5)15-17(13)9-7-2/h10H,6-9,14H2,1-5H3. The second-order valence-electron chi connectivity index (χ2n) is 4.83. The van der Waals surface area contributed by atoms with Crippen LogP contribution in [0.15, 0.2) is 0 Å². The lowest BCUT2D eigenvalue weighted by Gasteiger charge is -2.29. The zero-order valence-electron chi connectivity index (χ0n) is 11.8. The molecule has 98 valence electrons. The Bertz CT molecular complexity index is 355. The Labute approximate surface area is 105 Å². The van der Waals surface area contributed by atoms with Crippen molar-refractivity contribution in [1.29, 1.82) is 0 Å². The van der Waals surface area contributed by atoms with Crippen LogP contribution >= 0.6 is 0 Å². The number of nitrogens with two attached hydrogens (primary N) is 1. The van der Waals surface area contributed by atoms with E-state index < -0.39 is 0 Å². The summed E-state index contributed by atoms with van der Waals surface area (Å²) in [6, 6.07) is 0.448. The second kappa shape index (κ2) is 5.94. The lowest BCUT2D eigenvalue weighted by atomic mass is 10.2. The molecule has 0 saturated heterocycles. The van der Waals surface area contributed by atoms with E-state index in [1.54, 1.807) is 0 Å². The Kier molecular flexibility index (Phi) is 4.85. The minimum Gasteiger partial charge on any atom is -0.394 e. The van der Waals surface area contributed by atoms with Gasteiger partial charge < -0.3 is 10.6 Å². The molecule has 1 rings (SSSR count). The molecule has 4 heteroatoms. The van der Waals surface area contributed by atoms with E-state index >= 15 is 0 Å². The summed E-state index contributed by atoms with van der Waals surface area (Å²) in [7, 11) is 0. The maximum Gasteiger partial charge on any atom is 0.150 e. The van der Waals surface area contributed by atoms with Gasteiger partial charge in [0.1, 0.15) is 0 Å². The van der Waals surface area contributed by atoms with Gasteiger partial charge in [-0.1, -0.05) is 13.8 Å². The molecule has 4 nitrogen and oxygen atoms in total. The molecule has 0 aliphatic heterocycles. The fourth-order valence-corrected chi connectivity index (χ4v) is 2.10. The van der Waals surface area contributed by atoms with Crippen molar-refractivity contribution in [3.05, 3.63) is 5.69 Å². The van der Waals surface area contributed by atoms with Crippen LogP contribution in [0, 0.1) is 6.92 Å². The summed E-state index contributed by atoms with van der Waals surface area (Å²) < 4.78 is 2.06. The van der Waals surface area contributed by atoms with Gasteiger partial charge in [0.2, 0.25) is 0 Å². The zero-order chi connectivity index (χ0) is 13.0. The summed E-state index contributed by atoms with van der Waals surface area (Å²) in [4.78, 5) is 2.35. The number of aryl methyl sites for hydroxylation is 2. The number of anilines is 2. The molecule has 1 aromatic rings. The van der Waals surface area contributed by atoms with E-state index in [1.807, 2.05) is 6.92 Å². The van der Waals surface area contributed by atoms with Crippen LogP contribution in [-0.2, 0) is 6.54 Å². The van der Waals surface area contributed by atoms with Gasteiger partial charge in [-0.15, -0.1) is 0 Å². The van der Waals surface area contributed by atoms with E-state index in [-0.39, 0.29) is 0 Å². The molecule has 0 saturated carbocycles. The maximum absolute atomic E-state index is 6.18. The van der Waals surface area contributed by atoms with Gasteiger partial charge in [0.15, 0.2) is 5.82 Å². The van der Waals surface area contributed by atoms with Crippen LogP contribution < -0.4 is 10.6 Å². The third-order valence-electron chi connectivity index (χ3n) is 2.94. The van der Waals surface area contributed by atoms with Crippen molar-refractivity contribution >= 4 is 11.5 Å². The molecular formula is C13H26N4. The van der Waals surface area contributed by atoms with Crippen molar-refractivity contribution < 1.29 is 0 Å². The van der Waals surface area contributed by atoms with E-state index in [4.69, 9.17) is 5.73 Å². The van der Waals surface area contributed by atoms with Gasteiger partial charge in [0.25, 0.3) is 0 Å². The number of nitrogens with zero attached hydrogens (tertiary/aromatic N) is 3. The van der Waals surface area contributed by atoms with E-state index in [0.29, 0.717) is 6.04 Å². The third kappa shape index (κ3) is 2.93. The average Bonchev–Trinajstić information content (AvgIpc) is 2.52. The van der Waals surface area contributed by atoms with E-state index in [2.05, 4.69) is 42.4 Å². The SMILES string of the molecule is CCCN(c1c(N)c(C)nn1CCC)C(C)C. The summed E-state index contributed by atoms with van der Waals surface area (Å²) in [5, 5.41) is 4.54. The first-order valence-electron chi connectivity index (χ1n) is 6.62. The molecule has 0 unspecified atom stereocenters. The molecule has 0 aromatic carbocycles. The van der Waals surface area contributed by atoms with E-state index in [9.17, 15) is 0 Å². The maximum atomic E-state index is 6.18. The first-order valence-corrected chi connectivity index (χ1v) is 6.62. The smallest absolute Gasteiger partial charge is 0.150 e. The zero-order valence-corrected chi connectivity index (χ0v) is 11.8. The van der Waals surface area contributed by atoms with Crippen LogP contribution in [0.1, 0.15) is 46.2 Å². The van der Waals surface area contributed by atoms with Crippen LogP contribution in [0.3, 0.4) is 0 Å². The van der Waals surface area contributed by atoms with Crippen LogP contribution in [0.5, 0.6) is 0 Å². The molecule has 0 atom stereocenters. The first-order chi connectivity index (χ1) is 8.02. The number of rotatable bonds is 6. The molecular weight excluding hydrogens is 212 g/mol. The van der Waals surface area contributed by atoms with E-state index in [0.717, 1.165) is 43.1 Å². The second-order valence-corrected chi connectivity index (χ2v) is 4.83. The van der Waals surface area contributed by atoms with Crippen LogP contribution in [0.2, 0.25) is 0 Å². The van der Waals surface area contributed by atoms with Crippen molar-refractivity contribution in [3.8, 4) is 0 Å². The minimum absolute atomic E-state index is 0.448. The molecule has 0 aliphatic carbocycles. The van der Waals surface area contributed by atoms with Crippen LogP contribution in [0.4, 0.5) is 11.5 Å². The van der Waals surface area contributed by atoms with Gasteiger partial charge in [0.05, 0.1) is 11.4 Å². The summed E-state index contributed by atoms with van der Waals surface area (Å²) in [6.45, 7) is 12.7. The molecule has 2 N–H and O–H groups in total. The number of hydrogen-bond acceptors (Lipinski definition) is 3. The fraction of sp³-hybridized carbons (Fsp3) is 0.769. The quantitative estimate of drug-likeness (QED) is 0.829. The summed E-state index contributed by atoms with van der Waals surface area (Å²) in [5.41, 5.74) is 7.95. The Morgan fingerprint density at radius 2 is 1.94 bits per heavy atom. The largest absolute Gasteiger partial charge is 0.394 e. The molecule has 0 spiro atoms. The molecule has 1 aromatic heterocycles. The minimum atomic E-state index is 0.448. The van der Waals surface area contributed by atoms with Crippen LogP contribution in [0.25, 0.3) is 0 Å². The average molecular weight is 238 g/mol. The van der Waals surface area contributed by atoms with Gasteiger partial charge in [-0.05, 0) is 33.6 Å². The van der Waals surface area contributed by atoms with Gasteiger partial charge in [-0.25, -0.2) is 4.68 Å². The predicted molar refractivity (Wildman–Crippen MR) is 74.4 cm³/mol. The van der Waals surface area contributed by atoms with Crippen molar-refractivity contribution in [3.63, 3.8) is 0 Å². The normalized spacial score (nSPS) is 11.2. The summed E-state index contributed by atoms with van der Waals surface area (Å²) in [5.74, 6) is 1.10. The lowest BCUT2D eigenvalue weighted by Crippen LogP contribution is -2.34. The molecule has 0 radical (unpaired) electrons. The van der Waals surface area contributed by atoms with E-state index in [1.165, 1.54) is 0 Å². The van der Waals surface area contributed by atoms with Crippen molar-refractivity contribution in [2.24, 2.45) is 0 Å². The first kappa shape index (κ1) is 13.9. The molecule has 1 heterocycles. The number of nitrogen functional groups attached to an aromatic ring is 1. The molecule has 17 heavy (non-hydrogen) atoms. The van der Waals surface area contributed by atoms with Crippen molar-refractivity contribution in [1.82, 2.24) is 9.78 Å². The predicted octanol–water partition coefficient (Wildman–Crippen LogP) is 2.81. The monoisotopic (exact) mass is 238 g/mol. The van der Waals surface area contributed by atoms with Crippen molar-refractivity contribution in [2.45, 2.75) is 60.0 Å². The highest BCUT2D eigenvalue weighted by molar-refractivity contribution is 5.66. The van der Waals surface area contributed by atoms with Crippen molar-refractivity contribution in [2.75, 3.05) is 17.2 Å². The van der Waals surface area contributed by atoms with Crippen LogP contribution in [-0.4, -0.2) is 22.4 Å². The topological polar surface area (TPSA) is 47.1 Å². The Morgan fingerprint density at radius 3 is 2.41 bits per heavy atom. The highest BCUT2D eigenvalue weighted by atomic mass is 15.4. The molecule has 0 fully saturated rings. The molecule has 0 bridgehead atoms. The highest BCUT2D eigenvalue weighted by Gasteiger charge is 2.20. The van der Waals surface area contributed by atoms with Gasteiger partial charge in [-0.3, -0.25) is 0 Å². The fourth-order valence-electron chi connectivity index (χ4n) is 2.10. The summed E-state index contributed by atoms with van der Waals surface area (Å²) >= 11 is 0. The number of hydrogen-bond donors (Lipinski definition) is 1. The number of aromatic nitrogens is 2.